The lowest BCUT2D eigenvalue weighted by molar-refractivity contribution is 0.160. The standard InChI is InChI=1S/C9H10BrNO3/c10-6-2-1-5(7(12)3-11)8-9(6)14-4-13-8/h1-2,7,12H,3-4,11H2. The number of hydrogen-bond acceptors (Lipinski definition) is 4. The zero-order valence-corrected chi connectivity index (χ0v) is 8.95. The van der Waals surface area contributed by atoms with Crippen LogP contribution in [-0.4, -0.2) is 18.4 Å². The molecule has 1 heterocycles. The van der Waals surface area contributed by atoms with Crippen molar-refractivity contribution in [3.05, 3.63) is 22.2 Å². The van der Waals surface area contributed by atoms with Crippen LogP contribution in [0.4, 0.5) is 0 Å². The Labute approximate surface area is 89.7 Å². The van der Waals surface area contributed by atoms with Gasteiger partial charge >= 0.3 is 0 Å². The molecule has 76 valence electrons. The molecular weight excluding hydrogens is 250 g/mol. The molecule has 0 radical (unpaired) electrons. The summed E-state index contributed by atoms with van der Waals surface area (Å²) in [6, 6.07) is 3.58. The lowest BCUT2D eigenvalue weighted by Gasteiger charge is -2.11. The number of hydrogen-bond donors (Lipinski definition) is 2. The van der Waals surface area contributed by atoms with E-state index in [1.165, 1.54) is 0 Å². The predicted molar refractivity (Wildman–Crippen MR) is 54.3 cm³/mol. The first-order valence-corrected chi connectivity index (χ1v) is 4.99. The van der Waals surface area contributed by atoms with E-state index < -0.39 is 6.10 Å². The average Bonchev–Trinajstić information content (AvgIpc) is 2.67. The van der Waals surface area contributed by atoms with Crippen LogP contribution in [-0.2, 0) is 0 Å². The van der Waals surface area contributed by atoms with Crippen LogP contribution in [0.2, 0.25) is 0 Å². The van der Waals surface area contributed by atoms with E-state index in [9.17, 15) is 5.11 Å². The van der Waals surface area contributed by atoms with Crippen molar-refractivity contribution in [3.8, 4) is 11.5 Å². The molecule has 1 atom stereocenters. The maximum atomic E-state index is 9.61. The van der Waals surface area contributed by atoms with Crippen LogP contribution in [0, 0.1) is 0 Å². The van der Waals surface area contributed by atoms with Crippen LogP contribution in [0.25, 0.3) is 0 Å². The van der Waals surface area contributed by atoms with Crippen LogP contribution >= 0.6 is 15.9 Å². The molecule has 0 saturated carbocycles. The summed E-state index contributed by atoms with van der Waals surface area (Å²) in [5.74, 6) is 1.22. The van der Waals surface area contributed by atoms with E-state index in [0.717, 1.165) is 4.47 Å². The highest BCUT2D eigenvalue weighted by Crippen LogP contribution is 2.43. The molecular formula is C9H10BrNO3. The van der Waals surface area contributed by atoms with Crippen molar-refractivity contribution in [1.29, 1.82) is 0 Å². The smallest absolute Gasteiger partial charge is 0.231 e. The van der Waals surface area contributed by atoms with Gasteiger partial charge in [-0.1, -0.05) is 6.07 Å². The van der Waals surface area contributed by atoms with E-state index in [1.807, 2.05) is 6.07 Å². The minimum atomic E-state index is -0.710. The third kappa shape index (κ3) is 1.47. The van der Waals surface area contributed by atoms with Crippen molar-refractivity contribution >= 4 is 15.9 Å². The first-order valence-electron chi connectivity index (χ1n) is 4.20. The Bertz CT molecular complexity index is 356. The molecule has 1 unspecified atom stereocenters. The fourth-order valence-electron chi connectivity index (χ4n) is 1.37. The second-order valence-electron chi connectivity index (χ2n) is 2.95. The summed E-state index contributed by atoms with van der Waals surface area (Å²) in [7, 11) is 0. The van der Waals surface area contributed by atoms with Gasteiger partial charge in [0.05, 0.1) is 10.6 Å². The normalized spacial score (nSPS) is 15.6. The van der Waals surface area contributed by atoms with Gasteiger partial charge in [-0.05, 0) is 22.0 Å². The molecule has 3 N–H and O–H groups in total. The Morgan fingerprint density at radius 3 is 2.86 bits per heavy atom. The van der Waals surface area contributed by atoms with Gasteiger partial charge in [-0.15, -0.1) is 0 Å². The molecule has 0 bridgehead atoms. The first-order chi connectivity index (χ1) is 6.74. The number of rotatable bonds is 2. The van der Waals surface area contributed by atoms with Crippen LogP contribution in [0.15, 0.2) is 16.6 Å². The number of aliphatic hydroxyl groups is 1. The molecule has 14 heavy (non-hydrogen) atoms. The van der Waals surface area contributed by atoms with Gasteiger partial charge in [-0.3, -0.25) is 0 Å². The lowest BCUT2D eigenvalue weighted by Crippen LogP contribution is -2.12. The van der Waals surface area contributed by atoms with Crippen LogP contribution in [0.5, 0.6) is 11.5 Å². The monoisotopic (exact) mass is 259 g/mol. The number of benzene rings is 1. The molecule has 0 fully saturated rings. The van der Waals surface area contributed by atoms with Crippen molar-refractivity contribution in [2.45, 2.75) is 6.10 Å². The van der Waals surface area contributed by atoms with Crippen LogP contribution in [0.1, 0.15) is 11.7 Å². The van der Waals surface area contributed by atoms with E-state index in [0.29, 0.717) is 17.1 Å². The summed E-state index contributed by atoms with van der Waals surface area (Å²) in [6.45, 7) is 0.347. The van der Waals surface area contributed by atoms with Crippen molar-refractivity contribution in [3.63, 3.8) is 0 Å². The highest BCUT2D eigenvalue weighted by Gasteiger charge is 2.23. The number of fused-ring (bicyclic) bond motifs is 1. The van der Waals surface area contributed by atoms with Crippen molar-refractivity contribution in [2.75, 3.05) is 13.3 Å². The van der Waals surface area contributed by atoms with Crippen LogP contribution < -0.4 is 15.2 Å². The SMILES string of the molecule is NCC(O)c1ccc(Br)c2c1OCO2. The molecule has 0 saturated heterocycles. The maximum absolute atomic E-state index is 9.61. The third-order valence-corrected chi connectivity index (χ3v) is 2.71. The lowest BCUT2D eigenvalue weighted by atomic mass is 10.1. The minimum Gasteiger partial charge on any atom is -0.453 e. The fraction of sp³-hybridized carbons (Fsp3) is 0.333. The highest BCUT2D eigenvalue weighted by atomic mass is 79.9. The van der Waals surface area contributed by atoms with Gasteiger partial charge < -0.3 is 20.3 Å². The molecule has 0 aliphatic carbocycles. The Balaban J connectivity index is 2.48. The number of halogens is 1. The van der Waals surface area contributed by atoms with Gasteiger partial charge in [0.15, 0.2) is 11.5 Å². The molecule has 1 aromatic rings. The summed E-state index contributed by atoms with van der Waals surface area (Å²) in [4.78, 5) is 0. The Kier molecular flexibility index (Phi) is 2.62. The quantitative estimate of drug-likeness (QED) is 0.837. The van der Waals surface area contributed by atoms with Gasteiger partial charge in [0.1, 0.15) is 0 Å². The van der Waals surface area contributed by atoms with Crippen molar-refractivity contribution in [2.24, 2.45) is 5.73 Å². The number of nitrogens with two attached hydrogens (primary N) is 1. The summed E-state index contributed by atoms with van der Waals surface area (Å²) < 4.78 is 11.3. The molecule has 5 heteroatoms. The molecule has 4 nitrogen and oxygen atoms in total. The van der Waals surface area contributed by atoms with E-state index in [4.69, 9.17) is 15.2 Å². The van der Waals surface area contributed by atoms with Gasteiger partial charge in [0, 0.05) is 12.1 Å². The zero-order valence-electron chi connectivity index (χ0n) is 7.37. The van der Waals surface area contributed by atoms with E-state index >= 15 is 0 Å². The Morgan fingerprint density at radius 2 is 2.14 bits per heavy atom. The Morgan fingerprint density at radius 1 is 1.43 bits per heavy atom. The second-order valence-corrected chi connectivity index (χ2v) is 3.81. The summed E-state index contributed by atoms with van der Waals surface area (Å²) in [5, 5.41) is 9.61. The predicted octanol–water partition coefficient (Wildman–Crippen LogP) is 1.17. The van der Waals surface area contributed by atoms with Crippen LogP contribution in [0.3, 0.4) is 0 Å². The van der Waals surface area contributed by atoms with Crippen molar-refractivity contribution < 1.29 is 14.6 Å². The van der Waals surface area contributed by atoms with E-state index in [-0.39, 0.29) is 13.3 Å². The van der Waals surface area contributed by atoms with Gasteiger partial charge in [-0.25, -0.2) is 0 Å². The second kappa shape index (κ2) is 3.76. The van der Waals surface area contributed by atoms with E-state index in [2.05, 4.69) is 15.9 Å². The highest BCUT2D eigenvalue weighted by molar-refractivity contribution is 9.10. The minimum absolute atomic E-state index is 0.164. The number of aliphatic hydroxyl groups excluding tert-OH is 1. The average molecular weight is 260 g/mol. The fourth-order valence-corrected chi connectivity index (χ4v) is 1.80. The van der Waals surface area contributed by atoms with Gasteiger partial charge in [0.25, 0.3) is 0 Å². The summed E-state index contributed by atoms with van der Waals surface area (Å²) in [5.41, 5.74) is 6.05. The third-order valence-electron chi connectivity index (χ3n) is 2.08. The Hall–Kier alpha value is -0.780. The molecule has 1 aromatic carbocycles. The van der Waals surface area contributed by atoms with E-state index in [1.54, 1.807) is 6.07 Å². The molecule has 0 aromatic heterocycles. The first kappa shape index (κ1) is 9.76. The maximum Gasteiger partial charge on any atom is 0.231 e. The molecule has 1 aliphatic heterocycles. The molecule has 2 rings (SSSR count). The summed E-state index contributed by atoms with van der Waals surface area (Å²) >= 11 is 3.33. The molecule has 1 aliphatic rings. The number of ether oxygens (including phenoxy) is 2. The van der Waals surface area contributed by atoms with Gasteiger partial charge in [0.2, 0.25) is 6.79 Å². The largest absolute Gasteiger partial charge is 0.453 e. The summed E-state index contributed by atoms with van der Waals surface area (Å²) in [6.07, 6.45) is -0.710. The zero-order chi connectivity index (χ0) is 10.1. The molecule has 0 spiro atoms. The van der Waals surface area contributed by atoms with Crippen molar-refractivity contribution in [1.82, 2.24) is 0 Å². The topological polar surface area (TPSA) is 64.7 Å². The van der Waals surface area contributed by atoms with Gasteiger partial charge in [-0.2, -0.15) is 0 Å². The molecule has 0 amide bonds.